The van der Waals surface area contributed by atoms with E-state index in [-0.39, 0.29) is 19.7 Å². The molecule has 1 rings (SSSR count). The molecule has 0 heterocycles. The molecular weight excluding hydrogens is 309 g/mol. The van der Waals surface area contributed by atoms with Crippen molar-refractivity contribution in [2.45, 2.75) is 19.6 Å². The van der Waals surface area contributed by atoms with E-state index in [2.05, 4.69) is 11.3 Å². The van der Waals surface area contributed by atoms with Crippen LogP contribution in [0.25, 0.3) is 0 Å². The van der Waals surface area contributed by atoms with Gasteiger partial charge in [0.15, 0.2) is 0 Å². The molecule has 0 unspecified atom stereocenters. The predicted molar refractivity (Wildman–Crippen MR) is 78.4 cm³/mol. The van der Waals surface area contributed by atoms with Crippen LogP contribution in [0.4, 0.5) is 13.2 Å². The van der Waals surface area contributed by atoms with E-state index in [4.69, 9.17) is 5.26 Å². The summed E-state index contributed by atoms with van der Waals surface area (Å²) in [5.41, 5.74) is 2.07. The zero-order chi connectivity index (χ0) is 17.5. The minimum absolute atomic E-state index is 0.0139. The molecule has 0 radical (unpaired) electrons. The van der Waals surface area contributed by atoms with Crippen molar-refractivity contribution >= 4 is 5.91 Å². The van der Waals surface area contributed by atoms with Gasteiger partial charge in [-0.3, -0.25) is 4.79 Å². The van der Waals surface area contributed by atoms with E-state index in [1.54, 1.807) is 25.1 Å². The molecule has 0 saturated carbocycles. The fourth-order valence-corrected chi connectivity index (χ4v) is 1.93. The second-order valence-corrected chi connectivity index (χ2v) is 4.89. The molecule has 1 aromatic carbocycles. The number of carbonyl (C=O) groups is 1. The summed E-state index contributed by atoms with van der Waals surface area (Å²) >= 11 is 0. The number of nitrogens with zero attached hydrogens (tertiary/aromatic N) is 2. The van der Waals surface area contributed by atoms with E-state index in [1.165, 1.54) is 4.90 Å². The molecule has 23 heavy (non-hydrogen) atoms. The molecule has 0 aliphatic carbocycles. The molecule has 0 N–H and O–H groups in total. The second-order valence-electron chi connectivity index (χ2n) is 4.89. The first-order valence-corrected chi connectivity index (χ1v) is 6.82. The first kappa shape index (κ1) is 18.7. The Morgan fingerprint density at radius 2 is 2.17 bits per heavy atom. The van der Waals surface area contributed by atoms with Gasteiger partial charge in [0.05, 0.1) is 18.2 Å². The van der Waals surface area contributed by atoms with Gasteiger partial charge < -0.3 is 9.64 Å². The number of hydrogen-bond acceptors (Lipinski definition) is 3. The lowest BCUT2D eigenvalue weighted by Crippen LogP contribution is -2.33. The van der Waals surface area contributed by atoms with E-state index in [0.717, 1.165) is 17.2 Å². The Hall–Kier alpha value is -2.33. The molecule has 0 aliphatic rings. The lowest BCUT2D eigenvalue weighted by molar-refractivity contribution is -0.174. The van der Waals surface area contributed by atoms with Crippen LogP contribution >= 0.6 is 0 Å². The molecule has 0 spiro atoms. The highest BCUT2D eigenvalue weighted by molar-refractivity contribution is 5.86. The fourth-order valence-electron chi connectivity index (χ4n) is 1.93. The van der Waals surface area contributed by atoms with Crippen LogP contribution in [-0.2, 0) is 16.1 Å². The van der Waals surface area contributed by atoms with Gasteiger partial charge in [0.2, 0.25) is 5.91 Å². The summed E-state index contributed by atoms with van der Waals surface area (Å²) in [5.74, 6) is -0.400. The van der Waals surface area contributed by atoms with Crippen molar-refractivity contribution in [1.82, 2.24) is 4.90 Å². The Balaban J connectivity index is 2.68. The molecule has 1 aromatic rings. The van der Waals surface area contributed by atoms with Gasteiger partial charge in [0, 0.05) is 13.1 Å². The van der Waals surface area contributed by atoms with Crippen LogP contribution in [0.3, 0.4) is 0 Å². The number of carbonyl (C=O) groups excluding carboxylic acids is 1. The summed E-state index contributed by atoms with van der Waals surface area (Å²) in [6, 6.07) is 7.15. The van der Waals surface area contributed by atoms with Gasteiger partial charge in [-0.05, 0) is 30.2 Å². The Labute approximate surface area is 132 Å². The summed E-state index contributed by atoms with van der Waals surface area (Å²) in [6.07, 6.45) is -3.29. The van der Waals surface area contributed by atoms with E-state index >= 15 is 0 Å². The van der Waals surface area contributed by atoms with Crippen LogP contribution in [0.2, 0.25) is 0 Å². The van der Waals surface area contributed by atoms with Crippen LogP contribution in [0.1, 0.15) is 16.7 Å². The summed E-state index contributed by atoms with van der Waals surface area (Å²) in [6.45, 7) is 3.79. The zero-order valence-electron chi connectivity index (χ0n) is 12.7. The molecule has 1 amide bonds. The van der Waals surface area contributed by atoms with Gasteiger partial charge in [-0.25, -0.2) is 0 Å². The maximum absolute atomic E-state index is 12.0. The van der Waals surface area contributed by atoms with Crippen molar-refractivity contribution in [2.24, 2.45) is 0 Å². The number of nitriles is 1. The van der Waals surface area contributed by atoms with Crippen molar-refractivity contribution in [3.63, 3.8) is 0 Å². The maximum atomic E-state index is 12.0. The van der Waals surface area contributed by atoms with Crippen LogP contribution in [0.15, 0.2) is 30.9 Å². The quantitative estimate of drug-likeness (QED) is 0.572. The molecule has 0 aliphatic heterocycles. The minimum Gasteiger partial charge on any atom is -0.370 e. The Morgan fingerprint density at radius 3 is 2.70 bits per heavy atom. The average molecular weight is 326 g/mol. The number of amides is 1. The van der Waals surface area contributed by atoms with Crippen molar-refractivity contribution in [3.05, 3.63) is 47.5 Å². The van der Waals surface area contributed by atoms with Crippen molar-refractivity contribution in [1.29, 1.82) is 5.26 Å². The second kappa shape index (κ2) is 8.34. The number of alkyl halides is 3. The van der Waals surface area contributed by atoms with E-state index < -0.39 is 18.7 Å². The molecule has 124 valence electrons. The van der Waals surface area contributed by atoms with Gasteiger partial charge >= 0.3 is 6.18 Å². The average Bonchev–Trinajstić information content (AvgIpc) is 2.48. The van der Waals surface area contributed by atoms with Crippen LogP contribution in [0, 0.1) is 18.3 Å². The molecule has 4 nitrogen and oxygen atoms in total. The largest absolute Gasteiger partial charge is 0.411 e. The van der Waals surface area contributed by atoms with Gasteiger partial charge in [-0.2, -0.15) is 18.4 Å². The van der Waals surface area contributed by atoms with E-state index in [1.807, 2.05) is 6.07 Å². The number of aryl methyl sites for hydroxylation is 1. The molecule has 7 heteroatoms. The number of halogens is 3. The van der Waals surface area contributed by atoms with E-state index in [0.29, 0.717) is 5.56 Å². The Kier molecular flexibility index (Phi) is 6.79. The van der Waals surface area contributed by atoms with Crippen molar-refractivity contribution in [3.8, 4) is 6.07 Å². The van der Waals surface area contributed by atoms with Crippen molar-refractivity contribution < 1.29 is 22.7 Å². The monoisotopic (exact) mass is 326 g/mol. The lowest BCUT2D eigenvalue weighted by Gasteiger charge is -2.22. The van der Waals surface area contributed by atoms with Crippen LogP contribution in [0.5, 0.6) is 0 Å². The zero-order valence-corrected chi connectivity index (χ0v) is 12.7. The summed E-state index contributed by atoms with van der Waals surface area (Å²) in [7, 11) is 0. The predicted octanol–water partition coefficient (Wildman–Crippen LogP) is 2.96. The number of rotatable bonds is 7. The topological polar surface area (TPSA) is 53.3 Å². The van der Waals surface area contributed by atoms with Crippen molar-refractivity contribution in [2.75, 3.05) is 19.8 Å². The molecule has 0 bridgehead atoms. The minimum atomic E-state index is -4.39. The molecule has 0 saturated heterocycles. The SMILES string of the molecule is C=CC(=O)N(CCOCC(F)(F)F)Cc1ccc(C#N)c(C)c1. The number of benzene rings is 1. The highest BCUT2D eigenvalue weighted by Crippen LogP contribution is 2.15. The van der Waals surface area contributed by atoms with Gasteiger partial charge in [-0.1, -0.05) is 18.7 Å². The molecule has 0 fully saturated rings. The Bertz CT molecular complexity index is 606. The standard InChI is InChI=1S/C16H17F3N2O2/c1-3-15(22)21(6-7-23-11-16(17,18)19)10-13-4-5-14(9-20)12(2)8-13/h3-5,8H,1,6-7,10-11H2,2H3. The normalized spacial score (nSPS) is 10.9. The molecule has 0 aromatic heterocycles. The van der Waals surface area contributed by atoms with Gasteiger partial charge in [0.25, 0.3) is 0 Å². The van der Waals surface area contributed by atoms with Crippen LogP contribution in [-0.4, -0.2) is 36.7 Å². The van der Waals surface area contributed by atoms with Gasteiger partial charge in [0.1, 0.15) is 6.61 Å². The third kappa shape index (κ3) is 6.53. The van der Waals surface area contributed by atoms with Crippen LogP contribution < -0.4 is 0 Å². The summed E-state index contributed by atoms with van der Waals surface area (Å²) in [5, 5.41) is 8.89. The summed E-state index contributed by atoms with van der Waals surface area (Å²) < 4.78 is 40.6. The maximum Gasteiger partial charge on any atom is 0.411 e. The smallest absolute Gasteiger partial charge is 0.370 e. The highest BCUT2D eigenvalue weighted by Gasteiger charge is 2.27. The first-order chi connectivity index (χ1) is 10.8. The highest BCUT2D eigenvalue weighted by atomic mass is 19.4. The Morgan fingerprint density at radius 1 is 1.48 bits per heavy atom. The number of ether oxygens (including phenoxy) is 1. The molecule has 0 atom stereocenters. The van der Waals surface area contributed by atoms with E-state index in [9.17, 15) is 18.0 Å². The number of hydrogen-bond donors (Lipinski definition) is 0. The molecular formula is C16H17F3N2O2. The third-order valence-electron chi connectivity index (χ3n) is 3.04. The lowest BCUT2D eigenvalue weighted by atomic mass is 10.1. The fraction of sp³-hybridized carbons (Fsp3) is 0.375. The summed E-state index contributed by atoms with van der Waals surface area (Å²) in [4.78, 5) is 13.1. The first-order valence-electron chi connectivity index (χ1n) is 6.82. The third-order valence-corrected chi connectivity index (χ3v) is 3.04. The van der Waals surface area contributed by atoms with Gasteiger partial charge in [-0.15, -0.1) is 0 Å².